The van der Waals surface area contributed by atoms with Crippen molar-refractivity contribution in [2.75, 3.05) is 0 Å². The van der Waals surface area contributed by atoms with Gasteiger partial charge in [-0.25, -0.2) is 4.98 Å². The van der Waals surface area contributed by atoms with Crippen molar-refractivity contribution in [1.82, 2.24) is 19.6 Å². The van der Waals surface area contributed by atoms with Crippen molar-refractivity contribution in [3.8, 4) is 11.3 Å². The van der Waals surface area contributed by atoms with Crippen LogP contribution in [0.1, 0.15) is 5.56 Å². The molecule has 3 rings (SSSR count). The summed E-state index contributed by atoms with van der Waals surface area (Å²) in [5, 5.41) is 4.17. The number of fused-ring (bicyclic) bond motifs is 1. The fraction of sp³-hybridized carbons (Fsp3) is 0.0833. The van der Waals surface area contributed by atoms with Gasteiger partial charge in [0.1, 0.15) is 6.33 Å². The summed E-state index contributed by atoms with van der Waals surface area (Å²) in [6, 6.07) is 10.2. The van der Waals surface area contributed by atoms with Gasteiger partial charge in [-0.15, -0.1) is 0 Å². The molecule has 0 unspecified atom stereocenters. The van der Waals surface area contributed by atoms with Crippen molar-refractivity contribution in [1.29, 1.82) is 0 Å². The zero-order valence-electron chi connectivity index (χ0n) is 8.83. The number of rotatable bonds is 1. The number of hydrogen-bond acceptors (Lipinski definition) is 3. The highest BCUT2D eigenvalue weighted by molar-refractivity contribution is 5.61. The number of benzene rings is 1. The maximum atomic E-state index is 4.17. The van der Waals surface area contributed by atoms with Gasteiger partial charge in [0.15, 0.2) is 0 Å². The van der Waals surface area contributed by atoms with Crippen molar-refractivity contribution in [2.45, 2.75) is 6.92 Å². The van der Waals surface area contributed by atoms with Crippen LogP contribution in [0, 0.1) is 6.92 Å². The molecule has 0 bridgehead atoms. The molecule has 0 saturated carbocycles. The Balaban J connectivity index is 2.29. The average molecular weight is 210 g/mol. The molecule has 0 saturated heterocycles. The second-order valence-electron chi connectivity index (χ2n) is 3.67. The highest BCUT2D eigenvalue weighted by Crippen LogP contribution is 2.19. The van der Waals surface area contributed by atoms with Crippen LogP contribution in [-0.4, -0.2) is 19.6 Å². The Morgan fingerprint density at radius 3 is 2.94 bits per heavy atom. The smallest absolute Gasteiger partial charge is 0.220 e. The van der Waals surface area contributed by atoms with E-state index in [2.05, 4.69) is 40.2 Å². The Hall–Kier alpha value is -2.23. The Morgan fingerprint density at radius 1 is 1.12 bits per heavy atom. The molecule has 0 amide bonds. The molecule has 0 atom stereocenters. The van der Waals surface area contributed by atoms with Gasteiger partial charge >= 0.3 is 0 Å². The molecule has 0 radical (unpaired) electrons. The first-order chi connectivity index (χ1) is 7.84. The third-order valence-corrected chi connectivity index (χ3v) is 2.49. The molecule has 4 nitrogen and oxygen atoms in total. The molecule has 2 heterocycles. The van der Waals surface area contributed by atoms with E-state index in [1.165, 1.54) is 11.9 Å². The van der Waals surface area contributed by atoms with Crippen LogP contribution >= 0.6 is 0 Å². The minimum absolute atomic E-state index is 0.624. The van der Waals surface area contributed by atoms with E-state index in [0.717, 1.165) is 11.3 Å². The predicted molar refractivity (Wildman–Crippen MR) is 61.0 cm³/mol. The fourth-order valence-electron chi connectivity index (χ4n) is 1.76. The van der Waals surface area contributed by atoms with Gasteiger partial charge in [0.05, 0.1) is 5.69 Å². The van der Waals surface area contributed by atoms with Gasteiger partial charge in [-0.1, -0.05) is 23.8 Å². The van der Waals surface area contributed by atoms with Gasteiger partial charge in [-0.3, -0.25) is 0 Å². The van der Waals surface area contributed by atoms with Gasteiger partial charge < -0.3 is 0 Å². The van der Waals surface area contributed by atoms with Crippen molar-refractivity contribution in [2.24, 2.45) is 0 Å². The third-order valence-electron chi connectivity index (χ3n) is 2.49. The van der Waals surface area contributed by atoms with Gasteiger partial charge in [-0.2, -0.15) is 14.6 Å². The van der Waals surface area contributed by atoms with Crippen molar-refractivity contribution in [3.05, 3.63) is 48.4 Å². The quantitative estimate of drug-likeness (QED) is 0.617. The maximum absolute atomic E-state index is 4.17. The van der Waals surface area contributed by atoms with Crippen LogP contribution in [0.25, 0.3) is 17.0 Å². The molecule has 4 heteroatoms. The zero-order valence-corrected chi connectivity index (χ0v) is 8.83. The van der Waals surface area contributed by atoms with Crippen molar-refractivity contribution >= 4 is 5.78 Å². The first-order valence-corrected chi connectivity index (χ1v) is 5.06. The van der Waals surface area contributed by atoms with E-state index >= 15 is 0 Å². The molecule has 0 N–H and O–H groups in total. The monoisotopic (exact) mass is 210 g/mol. The topological polar surface area (TPSA) is 43.1 Å². The third kappa shape index (κ3) is 1.35. The van der Waals surface area contributed by atoms with E-state index in [-0.39, 0.29) is 0 Å². The molecule has 1 aromatic carbocycles. The summed E-state index contributed by atoms with van der Waals surface area (Å²) in [7, 11) is 0. The largest absolute Gasteiger partial charge is 0.252 e. The van der Waals surface area contributed by atoms with Crippen LogP contribution in [-0.2, 0) is 0 Å². The van der Waals surface area contributed by atoms with E-state index in [1.807, 2.05) is 12.1 Å². The van der Waals surface area contributed by atoms with Gasteiger partial charge in [0, 0.05) is 11.8 Å². The van der Waals surface area contributed by atoms with Gasteiger partial charge in [0.25, 0.3) is 5.78 Å². The summed E-state index contributed by atoms with van der Waals surface area (Å²) in [5.41, 5.74) is 3.35. The highest BCUT2D eigenvalue weighted by atomic mass is 15.3. The highest BCUT2D eigenvalue weighted by Gasteiger charge is 2.05. The first kappa shape index (κ1) is 9.03. The molecular weight excluding hydrogens is 200 g/mol. The standard InChI is InChI=1S/C12H10N4/c1-9-3-2-4-10(7-9)11-5-6-13-12-14-8-15-16(11)12/h2-8H,1H3. The molecule has 16 heavy (non-hydrogen) atoms. The lowest BCUT2D eigenvalue weighted by atomic mass is 10.1. The first-order valence-electron chi connectivity index (χ1n) is 5.06. The Bertz CT molecular complexity index is 642. The number of aromatic nitrogens is 4. The van der Waals surface area contributed by atoms with Crippen molar-refractivity contribution < 1.29 is 0 Å². The zero-order chi connectivity index (χ0) is 11.0. The molecular formula is C12H10N4. The normalized spacial score (nSPS) is 10.8. The molecule has 3 aromatic rings. The molecule has 0 fully saturated rings. The lowest BCUT2D eigenvalue weighted by Crippen LogP contribution is -1.95. The Labute approximate surface area is 92.6 Å². The summed E-state index contributed by atoms with van der Waals surface area (Å²) in [5.74, 6) is 0.624. The number of hydrogen-bond donors (Lipinski definition) is 0. The minimum Gasteiger partial charge on any atom is -0.220 e. The van der Waals surface area contributed by atoms with Crippen LogP contribution in [0.15, 0.2) is 42.9 Å². The summed E-state index contributed by atoms with van der Waals surface area (Å²) < 4.78 is 1.74. The summed E-state index contributed by atoms with van der Waals surface area (Å²) in [6.45, 7) is 2.07. The van der Waals surface area contributed by atoms with Gasteiger partial charge in [0.2, 0.25) is 0 Å². The van der Waals surface area contributed by atoms with Crippen LogP contribution in [0.4, 0.5) is 0 Å². The maximum Gasteiger partial charge on any atom is 0.252 e. The Kier molecular flexibility index (Phi) is 1.93. The second kappa shape index (κ2) is 3.41. The van der Waals surface area contributed by atoms with Crippen LogP contribution in [0.2, 0.25) is 0 Å². The number of nitrogens with zero attached hydrogens (tertiary/aromatic N) is 4. The predicted octanol–water partition coefficient (Wildman–Crippen LogP) is 2.10. The van der Waals surface area contributed by atoms with E-state index in [9.17, 15) is 0 Å². The molecule has 78 valence electrons. The van der Waals surface area contributed by atoms with Crippen LogP contribution in [0.3, 0.4) is 0 Å². The summed E-state index contributed by atoms with van der Waals surface area (Å²) in [4.78, 5) is 8.21. The van der Waals surface area contributed by atoms with E-state index in [0.29, 0.717) is 5.78 Å². The lowest BCUT2D eigenvalue weighted by Gasteiger charge is -2.04. The van der Waals surface area contributed by atoms with Gasteiger partial charge in [-0.05, 0) is 19.1 Å². The van der Waals surface area contributed by atoms with E-state index in [4.69, 9.17) is 0 Å². The molecule has 2 aromatic heterocycles. The number of aryl methyl sites for hydroxylation is 1. The summed E-state index contributed by atoms with van der Waals surface area (Å²) >= 11 is 0. The minimum atomic E-state index is 0.624. The molecule has 0 aliphatic heterocycles. The molecule has 0 aliphatic rings. The lowest BCUT2D eigenvalue weighted by molar-refractivity contribution is 0.947. The van der Waals surface area contributed by atoms with E-state index < -0.39 is 0 Å². The molecule has 0 spiro atoms. The Morgan fingerprint density at radius 2 is 2.06 bits per heavy atom. The fourth-order valence-corrected chi connectivity index (χ4v) is 1.76. The van der Waals surface area contributed by atoms with Crippen molar-refractivity contribution in [3.63, 3.8) is 0 Å². The summed E-state index contributed by atoms with van der Waals surface area (Å²) in [6.07, 6.45) is 3.27. The average Bonchev–Trinajstić information content (AvgIpc) is 2.76. The SMILES string of the molecule is Cc1cccc(-c2ccnc3ncnn23)c1. The van der Waals surface area contributed by atoms with Crippen LogP contribution < -0.4 is 0 Å². The van der Waals surface area contributed by atoms with E-state index in [1.54, 1.807) is 10.7 Å². The van der Waals surface area contributed by atoms with Crippen LogP contribution in [0.5, 0.6) is 0 Å². The second-order valence-corrected chi connectivity index (χ2v) is 3.67. The molecule has 0 aliphatic carbocycles.